The van der Waals surface area contributed by atoms with E-state index in [9.17, 15) is 0 Å². The number of unbranched alkanes of at least 4 members (excludes halogenated alkanes) is 1. The van der Waals surface area contributed by atoms with Crippen LogP contribution in [0.4, 0.5) is 0 Å². The lowest BCUT2D eigenvalue weighted by Crippen LogP contribution is -1.95. The molecule has 0 fully saturated rings. The summed E-state index contributed by atoms with van der Waals surface area (Å²) in [5.74, 6) is 0.830. The van der Waals surface area contributed by atoms with Crippen LogP contribution >= 0.6 is 11.6 Å². The van der Waals surface area contributed by atoms with Crippen molar-refractivity contribution in [2.75, 3.05) is 6.61 Å². The fourth-order valence-electron chi connectivity index (χ4n) is 0.849. The van der Waals surface area contributed by atoms with Gasteiger partial charge in [0, 0.05) is 5.02 Å². The lowest BCUT2D eigenvalue weighted by atomic mass is 10.3. The second kappa shape index (κ2) is 5.04. The molecule has 0 N–H and O–H groups in total. The molecule has 1 nitrogen and oxygen atoms in total. The molecule has 0 spiro atoms. The third kappa shape index (κ3) is 3.14. The van der Waals surface area contributed by atoms with Crippen molar-refractivity contribution in [2.45, 2.75) is 12.8 Å². The van der Waals surface area contributed by atoms with E-state index in [1.165, 1.54) is 0 Å². The molecule has 0 bridgehead atoms. The van der Waals surface area contributed by atoms with Gasteiger partial charge in [0.2, 0.25) is 0 Å². The maximum Gasteiger partial charge on any atom is 0.120 e. The van der Waals surface area contributed by atoms with Crippen LogP contribution in [-0.4, -0.2) is 6.61 Å². The topological polar surface area (TPSA) is 9.23 Å². The second-order valence-electron chi connectivity index (χ2n) is 2.51. The second-order valence-corrected chi connectivity index (χ2v) is 2.95. The first kappa shape index (κ1) is 9.40. The van der Waals surface area contributed by atoms with Gasteiger partial charge < -0.3 is 4.74 Å². The van der Waals surface area contributed by atoms with Crippen LogP contribution in [0.2, 0.25) is 5.02 Å². The molecule has 65 valence electrons. The summed E-state index contributed by atoms with van der Waals surface area (Å²) in [6, 6.07) is 7.41. The van der Waals surface area contributed by atoms with E-state index in [1.807, 2.05) is 24.3 Å². The third-order valence-corrected chi connectivity index (χ3v) is 1.69. The molecule has 2 heteroatoms. The first-order chi connectivity index (χ1) is 5.83. The quantitative estimate of drug-likeness (QED) is 0.651. The first-order valence-electron chi connectivity index (χ1n) is 4.00. The summed E-state index contributed by atoms with van der Waals surface area (Å²) in [6.45, 7) is 4.44. The normalized spacial score (nSPS) is 9.83. The molecule has 0 saturated heterocycles. The van der Waals surface area contributed by atoms with Crippen LogP contribution in [-0.2, 0) is 0 Å². The Balaban J connectivity index is 2.41. The van der Waals surface area contributed by atoms with E-state index >= 15 is 0 Å². The van der Waals surface area contributed by atoms with Gasteiger partial charge in [0.1, 0.15) is 5.75 Å². The van der Waals surface area contributed by atoms with Crippen molar-refractivity contribution >= 4 is 11.6 Å². The summed E-state index contributed by atoms with van der Waals surface area (Å²) in [7, 11) is 0. The zero-order valence-corrected chi connectivity index (χ0v) is 7.68. The van der Waals surface area contributed by atoms with Crippen molar-refractivity contribution in [2.24, 2.45) is 0 Å². The minimum absolute atomic E-state index is 0.710. The van der Waals surface area contributed by atoms with Crippen molar-refractivity contribution in [3.8, 4) is 5.75 Å². The molecule has 0 atom stereocenters. The summed E-state index contributed by atoms with van der Waals surface area (Å²) in [5, 5.41) is 0.710. The summed E-state index contributed by atoms with van der Waals surface area (Å²) in [5.41, 5.74) is 0. The zero-order chi connectivity index (χ0) is 8.81. The molecule has 1 aromatic rings. The Labute approximate surface area is 78.3 Å². The Bertz CT molecular complexity index is 235. The lowest BCUT2D eigenvalue weighted by molar-refractivity contribution is 0.312. The maximum atomic E-state index is 5.77. The monoisotopic (exact) mass is 183 g/mol. The lowest BCUT2D eigenvalue weighted by Gasteiger charge is -2.04. The molecule has 12 heavy (non-hydrogen) atoms. The highest BCUT2D eigenvalue weighted by atomic mass is 35.5. The first-order valence-corrected chi connectivity index (χ1v) is 4.38. The van der Waals surface area contributed by atoms with Gasteiger partial charge >= 0.3 is 0 Å². The Kier molecular flexibility index (Phi) is 3.95. The zero-order valence-electron chi connectivity index (χ0n) is 6.92. The van der Waals surface area contributed by atoms with Gasteiger partial charge in [-0.3, -0.25) is 0 Å². The van der Waals surface area contributed by atoms with Crippen LogP contribution in [0.5, 0.6) is 5.75 Å². The van der Waals surface area contributed by atoms with Crippen LogP contribution in [0.25, 0.3) is 0 Å². The van der Waals surface area contributed by atoms with Crippen molar-refractivity contribution < 1.29 is 4.74 Å². The number of halogens is 1. The molecule has 0 unspecified atom stereocenters. The van der Waals surface area contributed by atoms with Gasteiger partial charge in [-0.1, -0.05) is 31.0 Å². The molecule has 0 saturated carbocycles. The van der Waals surface area contributed by atoms with Crippen LogP contribution in [0, 0.1) is 6.92 Å². The molecule has 0 amide bonds. The van der Waals surface area contributed by atoms with E-state index in [-0.39, 0.29) is 0 Å². The smallest absolute Gasteiger partial charge is 0.120 e. The molecule has 0 heterocycles. The molecule has 1 aromatic carbocycles. The van der Waals surface area contributed by atoms with Crippen LogP contribution in [0.3, 0.4) is 0 Å². The molecular weight excluding hydrogens is 172 g/mol. The summed E-state index contributed by atoms with van der Waals surface area (Å²) in [4.78, 5) is 0. The number of rotatable bonds is 4. The van der Waals surface area contributed by atoms with Gasteiger partial charge in [-0.2, -0.15) is 0 Å². The Morgan fingerprint density at radius 1 is 1.42 bits per heavy atom. The van der Waals surface area contributed by atoms with E-state index in [4.69, 9.17) is 16.3 Å². The third-order valence-electron chi connectivity index (χ3n) is 1.46. The highest BCUT2D eigenvalue weighted by Gasteiger charge is 1.93. The maximum absolute atomic E-state index is 5.77. The predicted octanol–water partition coefficient (Wildman–Crippen LogP) is 3.33. The van der Waals surface area contributed by atoms with E-state index in [1.54, 1.807) is 0 Å². The van der Waals surface area contributed by atoms with Gasteiger partial charge in [-0.05, 0) is 24.6 Å². The molecule has 1 rings (SSSR count). The summed E-state index contributed by atoms with van der Waals surface area (Å²) < 4.78 is 5.40. The predicted molar refractivity (Wildman–Crippen MR) is 51.5 cm³/mol. The van der Waals surface area contributed by atoms with Crippen molar-refractivity contribution in [1.29, 1.82) is 0 Å². The average molecular weight is 184 g/mol. The van der Waals surface area contributed by atoms with Crippen molar-refractivity contribution in [3.63, 3.8) is 0 Å². The number of hydrogen-bond acceptors (Lipinski definition) is 1. The Morgan fingerprint density at radius 2 is 2.25 bits per heavy atom. The highest BCUT2D eigenvalue weighted by molar-refractivity contribution is 6.30. The summed E-state index contributed by atoms with van der Waals surface area (Å²) >= 11 is 5.77. The van der Waals surface area contributed by atoms with Crippen molar-refractivity contribution in [3.05, 3.63) is 36.2 Å². The molecule has 1 radical (unpaired) electrons. The number of ether oxygens (including phenoxy) is 1. The minimum atomic E-state index is 0.710. The van der Waals surface area contributed by atoms with Gasteiger partial charge in [-0.25, -0.2) is 0 Å². The van der Waals surface area contributed by atoms with Gasteiger partial charge in [0.25, 0.3) is 0 Å². The van der Waals surface area contributed by atoms with Gasteiger partial charge in [0.15, 0.2) is 0 Å². The molecule has 0 aliphatic rings. The number of hydrogen-bond donors (Lipinski definition) is 0. The van der Waals surface area contributed by atoms with Crippen LogP contribution < -0.4 is 4.74 Å². The molecule has 0 aliphatic heterocycles. The van der Waals surface area contributed by atoms with Crippen molar-refractivity contribution in [1.82, 2.24) is 0 Å². The van der Waals surface area contributed by atoms with E-state index in [0.29, 0.717) is 11.6 Å². The average Bonchev–Trinajstić information content (AvgIpc) is 2.05. The molecule has 0 aromatic heterocycles. The fourth-order valence-corrected chi connectivity index (χ4v) is 1.03. The highest BCUT2D eigenvalue weighted by Crippen LogP contribution is 2.17. The van der Waals surface area contributed by atoms with E-state index in [0.717, 1.165) is 18.6 Å². The van der Waals surface area contributed by atoms with Crippen LogP contribution in [0.1, 0.15) is 12.8 Å². The standard InChI is InChI=1S/C10H12ClO/c1-2-3-7-12-10-6-4-5-9(11)8-10/h4-6,8H,1-3,7H2. The van der Waals surface area contributed by atoms with Gasteiger partial charge in [0.05, 0.1) is 6.61 Å². The fraction of sp³-hybridized carbons (Fsp3) is 0.300. The summed E-state index contributed by atoms with van der Waals surface area (Å²) in [6.07, 6.45) is 1.88. The molecular formula is C10H12ClO. The Morgan fingerprint density at radius 3 is 2.92 bits per heavy atom. The van der Waals surface area contributed by atoms with E-state index < -0.39 is 0 Å². The largest absolute Gasteiger partial charge is 0.494 e. The SMILES string of the molecule is [CH2]CCCOc1cccc(Cl)c1. The van der Waals surface area contributed by atoms with Gasteiger partial charge in [-0.15, -0.1) is 0 Å². The molecule has 0 aliphatic carbocycles. The van der Waals surface area contributed by atoms with E-state index in [2.05, 4.69) is 6.92 Å². The Hall–Kier alpha value is -0.690. The number of benzene rings is 1. The minimum Gasteiger partial charge on any atom is -0.494 e. The van der Waals surface area contributed by atoms with Crippen LogP contribution in [0.15, 0.2) is 24.3 Å².